The van der Waals surface area contributed by atoms with Crippen LogP contribution in [0.5, 0.6) is 0 Å². The Morgan fingerprint density at radius 1 is 1.24 bits per heavy atom. The summed E-state index contributed by atoms with van der Waals surface area (Å²) in [6.45, 7) is 0. The van der Waals surface area contributed by atoms with Gasteiger partial charge in [0.2, 0.25) is 0 Å². The lowest BCUT2D eigenvalue weighted by Crippen LogP contribution is -2.17. The molecule has 1 aromatic carbocycles. The average Bonchev–Trinajstić information content (AvgIpc) is 2.40. The molecule has 0 atom stereocenters. The number of hydrogen-bond acceptors (Lipinski definition) is 4. The fourth-order valence-electron chi connectivity index (χ4n) is 1.55. The van der Waals surface area contributed by atoms with Crippen molar-refractivity contribution < 1.29 is 18.0 Å². The van der Waals surface area contributed by atoms with E-state index in [9.17, 15) is 22.8 Å². The zero-order valence-electron chi connectivity index (χ0n) is 10.4. The molecule has 2 aromatic rings. The van der Waals surface area contributed by atoms with Gasteiger partial charge in [0, 0.05) is 17.3 Å². The number of hydrogen-bond donors (Lipinski definition) is 3. The Hall–Kier alpha value is -2.84. The lowest BCUT2D eigenvalue weighted by Gasteiger charge is -2.11. The summed E-state index contributed by atoms with van der Waals surface area (Å²) in [7, 11) is 0. The molecule has 0 saturated carbocycles. The van der Waals surface area contributed by atoms with Gasteiger partial charge in [-0.3, -0.25) is 9.59 Å². The molecule has 110 valence electrons. The highest BCUT2D eigenvalue weighted by Crippen LogP contribution is 2.34. The van der Waals surface area contributed by atoms with Crippen LogP contribution in [0.15, 0.2) is 35.1 Å². The fraction of sp³-hybridized carbons (Fsp3) is 0.0833. The maximum Gasteiger partial charge on any atom is 0.418 e. The third-order valence-electron chi connectivity index (χ3n) is 2.54. The van der Waals surface area contributed by atoms with Crippen LogP contribution in [0.1, 0.15) is 15.9 Å². The molecule has 2 rings (SSSR count). The first kappa shape index (κ1) is 14.6. The molecule has 0 unspecified atom stereocenters. The number of nitrogens with zero attached hydrogens (tertiary/aromatic N) is 1. The quantitative estimate of drug-likeness (QED) is 0.733. The maximum atomic E-state index is 12.7. The number of alkyl halides is 3. The van der Waals surface area contributed by atoms with Gasteiger partial charge in [0.25, 0.3) is 11.5 Å². The Bertz CT molecular complexity index is 720. The second-order valence-corrected chi connectivity index (χ2v) is 4.06. The van der Waals surface area contributed by atoms with Crippen molar-refractivity contribution in [1.82, 2.24) is 10.2 Å². The third-order valence-corrected chi connectivity index (χ3v) is 2.54. The van der Waals surface area contributed by atoms with Crippen molar-refractivity contribution in [2.24, 2.45) is 0 Å². The molecule has 9 heteroatoms. The number of amides is 1. The van der Waals surface area contributed by atoms with Crippen LogP contribution in [0.4, 0.5) is 24.7 Å². The predicted molar refractivity (Wildman–Crippen MR) is 68.7 cm³/mol. The SMILES string of the molecule is Nc1ccc(C(=O)Nc2ccc(=O)[nH]n2)cc1C(F)(F)F. The van der Waals surface area contributed by atoms with Crippen LogP contribution in [0.2, 0.25) is 0 Å². The lowest BCUT2D eigenvalue weighted by atomic mass is 10.1. The Balaban J connectivity index is 2.27. The zero-order chi connectivity index (χ0) is 15.6. The number of aromatic amines is 1. The van der Waals surface area contributed by atoms with Gasteiger partial charge in [-0.05, 0) is 24.3 Å². The number of nitrogens with two attached hydrogens (primary N) is 1. The molecule has 1 aromatic heterocycles. The number of nitrogens with one attached hydrogen (secondary N) is 2. The first-order chi connectivity index (χ1) is 9.77. The van der Waals surface area contributed by atoms with E-state index in [-0.39, 0.29) is 11.4 Å². The van der Waals surface area contributed by atoms with Gasteiger partial charge in [0.05, 0.1) is 5.56 Å². The number of H-pyrrole nitrogens is 1. The number of rotatable bonds is 2. The van der Waals surface area contributed by atoms with Crippen LogP contribution >= 0.6 is 0 Å². The van der Waals surface area contributed by atoms with Crippen LogP contribution in [-0.2, 0) is 6.18 Å². The molecule has 0 saturated heterocycles. The van der Waals surface area contributed by atoms with Gasteiger partial charge in [0.15, 0.2) is 5.82 Å². The molecule has 0 radical (unpaired) electrons. The van der Waals surface area contributed by atoms with Crippen molar-refractivity contribution in [3.8, 4) is 0 Å². The van der Waals surface area contributed by atoms with E-state index in [1.165, 1.54) is 6.07 Å². The van der Waals surface area contributed by atoms with Gasteiger partial charge in [-0.1, -0.05) is 0 Å². The number of nitrogen functional groups attached to an aromatic ring is 1. The number of anilines is 2. The Morgan fingerprint density at radius 2 is 1.95 bits per heavy atom. The maximum absolute atomic E-state index is 12.7. The van der Waals surface area contributed by atoms with E-state index in [0.717, 1.165) is 18.2 Å². The van der Waals surface area contributed by atoms with Crippen molar-refractivity contribution in [2.75, 3.05) is 11.1 Å². The second-order valence-electron chi connectivity index (χ2n) is 4.06. The molecule has 0 spiro atoms. The minimum atomic E-state index is -4.66. The molecular weight excluding hydrogens is 289 g/mol. The summed E-state index contributed by atoms with van der Waals surface area (Å²) in [5.74, 6) is -0.801. The summed E-state index contributed by atoms with van der Waals surface area (Å²) in [6.07, 6.45) is -4.66. The first-order valence-electron chi connectivity index (χ1n) is 5.61. The number of carbonyl (C=O) groups is 1. The second kappa shape index (κ2) is 5.27. The molecule has 0 fully saturated rings. The third kappa shape index (κ3) is 3.38. The average molecular weight is 298 g/mol. The van der Waals surface area contributed by atoms with Crippen molar-refractivity contribution >= 4 is 17.4 Å². The molecule has 21 heavy (non-hydrogen) atoms. The van der Waals surface area contributed by atoms with E-state index in [1.54, 1.807) is 0 Å². The number of halogens is 3. The Labute approximate surface area is 115 Å². The minimum Gasteiger partial charge on any atom is -0.398 e. The van der Waals surface area contributed by atoms with Gasteiger partial charge in [-0.15, -0.1) is 0 Å². The van der Waals surface area contributed by atoms with E-state index in [4.69, 9.17) is 5.73 Å². The molecule has 0 bridgehead atoms. The summed E-state index contributed by atoms with van der Waals surface area (Å²) < 4.78 is 38.1. The van der Waals surface area contributed by atoms with Crippen molar-refractivity contribution in [3.05, 3.63) is 51.8 Å². The highest BCUT2D eigenvalue weighted by molar-refractivity contribution is 6.04. The standard InChI is InChI=1S/C12H9F3N4O2/c13-12(14,15)7-5-6(1-2-8(7)16)11(21)17-9-3-4-10(20)19-18-9/h1-5H,16H2,(H,19,20)(H,17,18,21). The van der Waals surface area contributed by atoms with Crippen LogP contribution in [-0.4, -0.2) is 16.1 Å². The van der Waals surface area contributed by atoms with E-state index in [0.29, 0.717) is 6.07 Å². The molecule has 4 N–H and O–H groups in total. The summed E-state index contributed by atoms with van der Waals surface area (Å²) >= 11 is 0. The molecular formula is C12H9F3N4O2. The smallest absolute Gasteiger partial charge is 0.398 e. The first-order valence-corrected chi connectivity index (χ1v) is 5.61. The molecule has 0 aliphatic carbocycles. The lowest BCUT2D eigenvalue weighted by molar-refractivity contribution is -0.136. The van der Waals surface area contributed by atoms with Gasteiger partial charge in [-0.25, -0.2) is 5.10 Å². The van der Waals surface area contributed by atoms with Crippen molar-refractivity contribution in [1.29, 1.82) is 0 Å². The van der Waals surface area contributed by atoms with Gasteiger partial charge in [-0.2, -0.15) is 18.3 Å². The van der Waals surface area contributed by atoms with Crippen molar-refractivity contribution in [3.63, 3.8) is 0 Å². The highest BCUT2D eigenvalue weighted by atomic mass is 19.4. The number of benzene rings is 1. The molecule has 1 heterocycles. The summed E-state index contributed by atoms with van der Waals surface area (Å²) in [5.41, 5.74) is 2.97. The fourth-order valence-corrected chi connectivity index (χ4v) is 1.55. The molecule has 0 aliphatic heterocycles. The Kier molecular flexibility index (Phi) is 3.66. The van der Waals surface area contributed by atoms with E-state index < -0.39 is 28.9 Å². The van der Waals surface area contributed by atoms with E-state index >= 15 is 0 Å². The summed E-state index contributed by atoms with van der Waals surface area (Å²) in [5, 5.41) is 7.85. The predicted octanol–water partition coefficient (Wildman–Crippen LogP) is 1.62. The van der Waals surface area contributed by atoms with Gasteiger partial charge >= 0.3 is 6.18 Å². The van der Waals surface area contributed by atoms with Gasteiger partial charge in [0.1, 0.15) is 0 Å². The number of aromatic nitrogens is 2. The zero-order valence-corrected chi connectivity index (χ0v) is 10.4. The van der Waals surface area contributed by atoms with Crippen LogP contribution in [0.25, 0.3) is 0 Å². The molecule has 0 aliphatic rings. The van der Waals surface area contributed by atoms with E-state index in [2.05, 4.69) is 15.5 Å². The molecule has 1 amide bonds. The Morgan fingerprint density at radius 3 is 2.52 bits per heavy atom. The van der Waals surface area contributed by atoms with E-state index in [1.807, 2.05) is 0 Å². The van der Waals surface area contributed by atoms with Gasteiger partial charge < -0.3 is 11.1 Å². The minimum absolute atomic E-state index is 0.00461. The topological polar surface area (TPSA) is 101 Å². The monoisotopic (exact) mass is 298 g/mol. The normalized spacial score (nSPS) is 11.2. The number of carbonyl (C=O) groups excluding carboxylic acids is 1. The van der Waals surface area contributed by atoms with Crippen molar-refractivity contribution in [2.45, 2.75) is 6.18 Å². The van der Waals surface area contributed by atoms with Crippen LogP contribution in [0, 0.1) is 0 Å². The summed E-state index contributed by atoms with van der Waals surface area (Å²) in [6, 6.07) is 5.14. The summed E-state index contributed by atoms with van der Waals surface area (Å²) in [4.78, 5) is 22.6. The molecule has 6 nitrogen and oxygen atoms in total. The highest BCUT2D eigenvalue weighted by Gasteiger charge is 2.33. The van der Waals surface area contributed by atoms with Crippen LogP contribution in [0.3, 0.4) is 0 Å². The van der Waals surface area contributed by atoms with Crippen LogP contribution < -0.4 is 16.6 Å². The largest absolute Gasteiger partial charge is 0.418 e.